The molecule has 0 aromatic heterocycles. The first-order valence-corrected chi connectivity index (χ1v) is 11.0. The molecule has 0 aliphatic heterocycles. The molecule has 0 fully saturated rings. The topological polar surface area (TPSA) is 26.3 Å². The largest absolute Gasteiger partial charge is 0.469 e. The van der Waals surface area contributed by atoms with E-state index in [0.717, 1.165) is 12.8 Å². The molecule has 0 saturated carbocycles. The summed E-state index contributed by atoms with van der Waals surface area (Å²) in [6.45, 7) is 2.28. The van der Waals surface area contributed by atoms with Gasteiger partial charge in [-0.1, -0.05) is 96.1 Å². The Labute approximate surface area is 157 Å². The Morgan fingerprint density at radius 2 is 1.04 bits per heavy atom. The van der Waals surface area contributed by atoms with Gasteiger partial charge in [0.1, 0.15) is 0 Å². The molecule has 0 N–H and O–H groups in total. The summed E-state index contributed by atoms with van der Waals surface area (Å²) in [4.78, 5) is 11.0. The Hall–Kier alpha value is -0.790. The Kier molecular flexibility index (Phi) is 20.6. The van der Waals surface area contributed by atoms with Gasteiger partial charge in [-0.25, -0.2) is 0 Å². The average molecular weight is 353 g/mol. The molecule has 2 heteroatoms. The van der Waals surface area contributed by atoms with Crippen LogP contribution in [0.5, 0.6) is 0 Å². The fraction of sp³-hybridized carbons (Fsp3) is 0.870. The van der Waals surface area contributed by atoms with E-state index in [0.29, 0.717) is 6.42 Å². The first-order valence-electron chi connectivity index (χ1n) is 11.0. The summed E-state index contributed by atoms with van der Waals surface area (Å²) >= 11 is 0. The minimum absolute atomic E-state index is 0.0742. The van der Waals surface area contributed by atoms with Crippen molar-refractivity contribution in [2.45, 2.75) is 122 Å². The molecule has 0 unspecified atom stereocenters. The summed E-state index contributed by atoms with van der Waals surface area (Å²) in [5, 5.41) is 0. The molecule has 0 saturated heterocycles. The van der Waals surface area contributed by atoms with Gasteiger partial charge < -0.3 is 4.74 Å². The van der Waals surface area contributed by atoms with Gasteiger partial charge in [-0.15, -0.1) is 0 Å². The molecule has 2 nitrogen and oxygen atoms in total. The highest BCUT2D eigenvalue weighted by Crippen LogP contribution is 2.12. The lowest BCUT2D eigenvalue weighted by Crippen LogP contribution is -1.98. The zero-order valence-corrected chi connectivity index (χ0v) is 17.2. The van der Waals surface area contributed by atoms with Gasteiger partial charge >= 0.3 is 5.97 Å². The molecule has 0 aliphatic rings. The van der Waals surface area contributed by atoms with Crippen LogP contribution in [0, 0.1) is 0 Å². The lowest BCUT2D eigenvalue weighted by Gasteiger charge is -2.01. The van der Waals surface area contributed by atoms with E-state index < -0.39 is 0 Å². The lowest BCUT2D eigenvalue weighted by atomic mass is 10.1. The van der Waals surface area contributed by atoms with Crippen molar-refractivity contribution in [3.05, 3.63) is 12.2 Å². The van der Waals surface area contributed by atoms with Crippen molar-refractivity contribution in [2.24, 2.45) is 0 Å². The van der Waals surface area contributed by atoms with Gasteiger partial charge in [-0.3, -0.25) is 4.79 Å². The van der Waals surface area contributed by atoms with E-state index in [1.54, 1.807) is 0 Å². The molecule has 0 amide bonds. The first kappa shape index (κ1) is 24.2. The van der Waals surface area contributed by atoms with Gasteiger partial charge in [0.2, 0.25) is 0 Å². The third kappa shape index (κ3) is 21.2. The highest BCUT2D eigenvalue weighted by Gasteiger charge is 1.98. The number of methoxy groups -OCH3 is 1. The normalized spacial score (nSPS) is 11.3. The summed E-state index contributed by atoms with van der Waals surface area (Å²) in [6, 6.07) is 0. The van der Waals surface area contributed by atoms with E-state index >= 15 is 0 Å². The van der Waals surface area contributed by atoms with Crippen LogP contribution in [0.1, 0.15) is 122 Å². The van der Waals surface area contributed by atoms with Crippen molar-refractivity contribution < 1.29 is 9.53 Å². The van der Waals surface area contributed by atoms with E-state index in [9.17, 15) is 4.79 Å². The second-order valence-corrected chi connectivity index (χ2v) is 7.32. The van der Waals surface area contributed by atoms with Crippen LogP contribution in [0.2, 0.25) is 0 Å². The molecule has 0 heterocycles. The number of hydrogen-bond donors (Lipinski definition) is 0. The van der Waals surface area contributed by atoms with Crippen molar-refractivity contribution in [1.29, 1.82) is 0 Å². The number of hydrogen-bond acceptors (Lipinski definition) is 2. The van der Waals surface area contributed by atoms with E-state index in [-0.39, 0.29) is 5.97 Å². The number of unbranched alkanes of at least 4 members (excludes halogenated alkanes) is 15. The minimum atomic E-state index is -0.0742. The molecule has 0 aromatic rings. The monoisotopic (exact) mass is 352 g/mol. The maximum absolute atomic E-state index is 11.0. The predicted molar refractivity (Wildman–Crippen MR) is 110 cm³/mol. The van der Waals surface area contributed by atoms with Crippen molar-refractivity contribution in [2.75, 3.05) is 7.11 Å². The molecule has 0 aliphatic carbocycles. The van der Waals surface area contributed by atoms with Gasteiger partial charge in [-0.05, 0) is 32.1 Å². The van der Waals surface area contributed by atoms with Crippen LogP contribution in [0.3, 0.4) is 0 Å². The molecule has 0 aromatic carbocycles. The Morgan fingerprint density at radius 3 is 1.48 bits per heavy atom. The van der Waals surface area contributed by atoms with Gasteiger partial charge in [-0.2, -0.15) is 0 Å². The Morgan fingerprint density at radius 1 is 0.640 bits per heavy atom. The maximum Gasteiger partial charge on any atom is 0.305 e. The van der Waals surface area contributed by atoms with Crippen LogP contribution in [0.25, 0.3) is 0 Å². The van der Waals surface area contributed by atoms with Crippen molar-refractivity contribution >= 4 is 5.97 Å². The van der Waals surface area contributed by atoms with Crippen LogP contribution in [0.15, 0.2) is 12.2 Å². The number of esters is 1. The minimum Gasteiger partial charge on any atom is -0.469 e. The fourth-order valence-corrected chi connectivity index (χ4v) is 3.15. The van der Waals surface area contributed by atoms with Crippen molar-refractivity contribution in [1.82, 2.24) is 0 Å². The fourth-order valence-electron chi connectivity index (χ4n) is 3.15. The number of rotatable bonds is 19. The zero-order valence-electron chi connectivity index (χ0n) is 17.2. The van der Waals surface area contributed by atoms with Crippen LogP contribution in [-0.4, -0.2) is 13.1 Å². The van der Waals surface area contributed by atoms with Gasteiger partial charge in [0.15, 0.2) is 0 Å². The van der Waals surface area contributed by atoms with E-state index in [2.05, 4.69) is 23.8 Å². The highest BCUT2D eigenvalue weighted by atomic mass is 16.5. The van der Waals surface area contributed by atoms with Crippen LogP contribution in [-0.2, 0) is 9.53 Å². The van der Waals surface area contributed by atoms with Crippen molar-refractivity contribution in [3.8, 4) is 0 Å². The van der Waals surface area contributed by atoms with Crippen LogP contribution >= 0.6 is 0 Å². The molecule has 0 bridgehead atoms. The molecule has 0 spiro atoms. The number of carbonyl (C=O) groups excluding carboxylic acids is 1. The standard InChI is InChI=1S/C23H44O2/c1-3-4-5-6-7-8-9-10-11-12-13-14-15-16-17-18-19-20-21-22-23(24)25-2/h14-15H,3-13,16-22H2,1-2H3. The summed E-state index contributed by atoms with van der Waals surface area (Å²) in [7, 11) is 1.46. The second kappa shape index (κ2) is 21.3. The lowest BCUT2D eigenvalue weighted by molar-refractivity contribution is -0.140. The molecular formula is C23H44O2. The maximum atomic E-state index is 11.0. The second-order valence-electron chi connectivity index (χ2n) is 7.32. The summed E-state index contributed by atoms with van der Waals surface area (Å²) in [5.41, 5.74) is 0. The third-order valence-electron chi connectivity index (χ3n) is 4.87. The molecule has 0 radical (unpaired) electrons. The molecule has 25 heavy (non-hydrogen) atoms. The van der Waals surface area contributed by atoms with E-state index in [1.165, 1.54) is 103 Å². The SMILES string of the molecule is CCCCCCCCCCCCC=CCCCCCCCC(=O)OC. The Balaban J connectivity index is 3.10. The molecule has 0 rings (SSSR count). The van der Waals surface area contributed by atoms with Crippen molar-refractivity contribution in [3.63, 3.8) is 0 Å². The summed E-state index contributed by atoms with van der Waals surface area (Å²) in [5.74, 6) is -0.0742. The van der Waals surface area contributed by atoms with E-state index in [4.69, 9.17) is 0 Å². The van der Waals surface area contributed by atoms with Gasteiger partial charge in [0.05, 0.1) is 7.11 Å². The van der Waals surface area contributed by atoms with E-state index in [1.807, 2.05) is 0 Å². The number of ether oxygens (including phenoxy) is 1. The summed E-state index contributed by atoms with van der Waals surface area (Å²) in [6.07, 6.45) is 27.9. The average Bonchev–Trinajstić information content (AvgIpc) is 2.63. The zero-order chi connectivity index (χ0) is 18.4. The predicted octanol–water partition coefficient (Wildman–Crippen LogP) is 7.76. The third-order valence-corrected chi connectivity index (χ3v) is 4.87. The summed E-state index contributed by atoms with van der Waals surface area (Å²) < 4.78 is 4.64. The Bertz CT molecular complexity index is 296. The smallest absolute Gasteiger partial charge is 0.305 e. The molecule has 0 atom stereocenters. The molecular weight excluding hydrogens is 308 g/mol. The number of allylic oxidation sites excluding steroid dienone is 2. The van der Waals surface area contributed by atoms with Crippen LogP contribution < -0.4 is 0 Å². The quantitative estimate of drug-likeness (QED) is 0.135. The van der Waals surface area contributed by atoms with Gasteiger partial charge in [0.25, 0.3) is 0 Å². The molecule has 148 valence electrons. The highest BCUT2D eigenvalue weighted by molar-refractivity contribution is 5.68. The van der Waals surface area contributed by atoms with Crippen LogP contribution in [0.4, 0.5) is 0 Å². The van der Waals surface area contributed by atoms with Gasteiger partial charge in [0, 0.05) is 6.42 Å². The number of carbonyl (C=O) groups is 1. The first-order chi connectivity index (χ1) is 12.3.